The molecule has 192 valence electrons. The topological polar surface area (TPSA) is 81.9 Å². The van der Waals surface area contributed by atoms with E-state index >= 15 is 0 Å². The first-order valence-electron chi connectivity index (χ1n) is 11.8. The number of amides is 1. The number of anilines is 1. The van der Waals surface area contributed by atoms with Crippen LogP contribution in [-0.4, -0.2) is 31.4 Å². The molecule has 0 unspecified atom stereocenters. The smallest absolute Gasteiger partial charge is 0.236 e. The van der Waals surface area contributed by atoms with Gasteiger partial charge in [0.05, 0.1) is 18.0 Å². The van der Waals surface area contributed by atoms with E-state index in [9.17, 15) is 9.18 Å². The number of hydrogen-bond donors (Lipinski definition) is 1. The zero-order valence-corrected chi connectivity index (χ0v) is 22.1. The Labute approximate surface area is 227 Å². The molecule has 10 heteroatoms. The molecular formula is C28H24FN5O2S2. The van der Waals surface area contributed by atoms with Crippen LogP contribution in [0.25, 0.3) is 11.3 Å². The van der Waals surface area contributed by atoms with E-state index in [1.54, 1.807) is 12.1 Å². The van der Waals surface area contributed by atoms with Gasteiger partial charge in [-0.05, 0) is 48.9 Å². The highest BCUT2D eigenvalue weighted by Crippen LogP contribution is 2.26. The third-order valence-corrected chi connectivity index (χ3v) is 7.31. The number of thiazole rings is 1. The Balaban J connectivity index is 1.25. The fourth-order valence-electron chi connectivity index (χ4n) is 3.61. The Morgan fingerprint density at radius 3 is 2.55 bits per heavy atom. The molecule has 0 spiro atoms. The molecular weight excluding hydrogens is 521 g/mol. The van der Waals surface area contributed by atoms with Crippen LogP contribution in [0, 0.1) is 12.7 Å². The first kappa shape index (κ1) is 25.6. The SMILES string of the molecule is Cc1ccc(OCc2nnc(SCC(=O)Nc3nc(-c4ccc(F)cc4)cs3)n2Cc2ccccc2)cc1. The second-order valence-electron chi connectivity index (χ2n) is 8.45. The first-order valence-corrected chi connectivity index (χ1v) is 13.7. The number of hydrogen-bond acceptors (Lipinski definition) is 7. The normalized spacial score (nSPS) is 10.9. The summed E-state index contributed by atoms with van der Waals surface area (Å²) in [6.07, 6.45) is 0. The van der Waals surface area contributed by atoms with E-state index in [0.717, 1.165) is 22.4 Å². The quantitative estimate of drug-likeness (QED) is 0.210. The van der Waals surface area contributed by atoms with Gasteiger partial charge in [0, 0.05) is 10.9 Å². The van der Waals surface area contributed by atoms with E-state index < -0.39 is 0 Å². The van der Waals surface area contributed by atoms with Gasteiger partial charge in [0.2, 0.25) is 5.91 Å². The van der Waals surface area contributed by atoms with Gasteiger partial charge >= 0.3 is 0 Å². The number of ether oxygens (including phenoxy) is 1. The molecule has 5 aromatic rings. The van der Waals surface area contributed by atoms with Crippen molar-refractivity contribution in [3.8, 4) is 17.0 Å². The predicted octanol–water partition coefficient (Wildman–Crippen LogP) is 6.21. The molecule has 0 radical (unpaired) electrons. The number of benzene rings is 3. The molecule has 1 N–H and O–H groups in total. The maximum atomic E-state index is 13.2. The minimum Gasteiger partial charge on any atom is -0.486 e. The molecule has 3 aromatic carbocycles. The molecule has 0 fully saturated rings. The third-order valence-electron chi connectivity index (χ3n) is 5.59. The van der Waals surface area contributed by atoms with Gasteiger partial charge in [0.15, 0.2) is 16.1 Å². The van der Waals surface area contributed by atoms with Crippen molar-refractivity contribution in [2.24, 2.45) is 0 Å². The average Bonchev–Trinajstić information content (AvgIpc) is 3.55. The molecule has 5 rings (SSSR count). The summed E-state index contributed by atoms with van der Waals surface area (Å²) in [5.74, 6) is 1.04. The van der Waals surface area contributed by atoms with E-state index in [1.165, 1.54) is 35.2 Å². The molecule has 2 aromatic heterocycles. The van der Waals surface area contributed by atoms with Crippen molar-refractivity contribution >= 4 is 34.1 Å². The summed E-state index contributed by atoms with van der Waals surface area (Å²) in [6, 6.07) is 23.9. The average molecular weight is 546 g/mol. The van der Waals surface area contributed by atoms with E-state index in [4.69, 9.17) is 4.74 Å². The van der Waals surface area contributed by atoms with Crippen LogP contribution in [0.5, 0.6) is 5.75 Å². The van der Waals surface area contributed by atoms with Gasteiger partial charge in [-0.3, -0.25) is 9.36 Å². The number of thioether (sulfide) groups is 1. The molecule has 0 aliphatic carbocycles. The maximum Gasteiger partial charge on any atom is 0.236 e. The van der Waals surface area contributed by atoms with Crippen LogP contribution >= 0.6 is 23.1 Å². The standard InChI is InChI=1S/C28H24FN5O2S2/c1-19-7-13-23(14-8-19)36-16-25-32-33-28(34(25)15-20-5-3-2-4-6-20)38-18-26(35)31-27-30-24(17-37-27)21-9-11-22(29)12-10-21/h2-14,17H,15-16,18H2,1H3,(H,30,31,35). The van der Waals surface area contributed by atoms with Crippen molar-refractivity contribution < 1.29 is 13.9 Å². The minimum atomic E-state index is -0.306. The number of halogens is 1. The Hall–Kier alpha value is -4.02. The number of aryl methyl sites for hydroxylation is 1. The Bertz CT molecular complexity index is 1500. The van der Waals surface area contributed by atoms with Gasteiger partial charge < -0.3 is 10.1 Å². The Morgan fingerprint density at radius 1 is 1.03 bits per heavy atom. The summed E-state index contributed by atoms with van der Waals surface area (Å²) in [6.45, 7) is 2.83. The lowest BCUT2D eigenvalue weighted by Gasteiger charge is -2.11. The molecule has 0 bridgehead atoms. The van der Waals surface area contributed by atoms with Crippen LogP contribution in [-0.2, 0) is 17.9 Å². The van der Waals surface area contributed by atoms with Crippen molar-refractivity contribution in [2.75, 3.05) is 11.1 Å². The van der Waals surface area contributed by atoms with Crippen LogP contribution < -0.4 is 10.1 Å². The largest absolute Gasteiger partial charge is 0.486 e. The number of carbonyl (C=O) groups is 1. The molecule has 0 aliphatic heterocycles. The molecule has 1 amide bonds. The molecule has 2 heterocycles. The second-order valence-corrected chi connectivity index (χ2v) is 10.3. The summed E-state index contributed by atoms with van der Waals surface area (Å²) in [5.41, 5.74) is 3.71. The lowest BCUT2D eigenvalue weighted by Crippen LogP contribution is -2.15. The van der Waals surface area contributed by atoms with Crippen LogP contribution in [0.4, 0.5) is 9.52 Å². The summed E-state index contributed by atoms with van der Waals surface area (Å²) >= 11 is 2.62. The van der Waals surface area contributed by atoms with E-state index in [1.807, 2.05) is 71.5 Å². The second kappa shape index (κ2) is 12.0. The summed E-state index contributed by atoms with van der Waals surface area (Å²) in [7, 11) is 0. The van der Waals surface area contributed by atoms with E-state index in [2.05, 4.69) is 20.5 Å². The lowest BCUT2D eigenvalue weighted by molar-refractivity contribution is -0.113. The van der Waals surface area contributed by atoms with Crippen molar-refractivity contribution in [3.63, 3.8) is 0 Å². The van der Waals surface area contributed by atoms with Gasteiger partial charge in [0.1, 0.15) is 18.2 Å². The fourth-order valence-corrected chi connectivity index (χ4v) is 5.10. The van der Waals surface area contributed by atoms with Crippen LogP contribution in [0.1, 0.15) is 17.0 Å². The third kappa shape index (κ3) is 6.64. The Kier molecular flexibility index (Phi) is 8.10. The van der Waals surface area contributed by atoms with Crippen molar-refractivity contribution in [1.82, 2.24) is 19.7 Å². The molecule has 7 nitrogen and oxygen atoms in total. The van der Waals surface area contributed by atoms with Crippen LogP contribution in [0.3, 0.4) is 0 Å². The highest BCUT2D eigenvalue weighted by Gasteiger charge is 2.16. The first-order chi connectivity index (χ1) is 18.5. The molecule has 0 saturated carbocycles. The van der Waals surface area contributed by atoms with Gasteiger partial charge in [-0.25, -0.2) is 9.37 Å². The number of nitrogens with one attached hydrogen (secondary N) is 1. The predicted molar refractivity (Wildman–Crippen MR) is 148 cm³/mol. The summed E-state index contributed by atoms with van der Waals surface area (Å²) < 4.78 is 21.1. The number of rotatable bonds is 10. The Morgan fingerprint density at radius 2 is 1.79 bits per heavy atom. The van der Waals surface area contributed by atoms with Gasteiger partial charge in [-0.1, -0.05) is 59.8 Å². The summed E-state index contributed by atoms with van der Waals surface area (Å²) in [4.78, 5) is 17.1. The zero-order chi connectivity index (χ0) is 26.3. The highest BCUT2D eigenvalue weighted by atomic mass is 32.2. The molecule has 38 heavy (non-hydrogen) atoms. The van der Waals surface area contributed by atoms with E-state index in [0.29, 0.717) is 28.4 Å². The van der Waals surface area contributed by atoms with Gasteiger partial charge in [-0.15, -0.1) is 21.5 Å². The van der Waals surface area contributed by atoms with Gasteiger partial charge in [-0.2, -0.15) is 0 Å². The number of aromatic nitrogens is 4. The number of carbonyl (C=O) groups excluding carboxylic acids is 1. The zero-order valence-electron chi connectivity index (χ0n) is 20.5. The van der Waals surface area contributed by atoms with Crippen molar-refractivity contribution in [2.45, 2.75) is 25.2 Å². The molecule has 0 atom stereocenters. The molecule has 0 saturated heterocycles. The fraction of sp³-hybridized carbons (Fsp3) is 0.143. The monoisotopic (exact) mass is 545 g/mol. The van der Waals surface area contributed by atoms with Gasteiger partial charge in [0.25, 0.3) is 0 Å². The summed E-state index contributed by atoms with van der Waals surface area (Å²) in [5, 5.41) is 14.5. The lowest BCUT2D eigenvalue weighted by atomic mass is 10.2. The van der Waals surface area contributed by atoms with Crippen LogP contribution in [0.2, 0.25) is 0 Å². The van der Waals surface area contributed by atoms with E-state index in [-0.39, 0.29) is 24.1 Å². The maximum absolute atomic E-state index is 13.2. The van der Waals surface area contributed by atoms with Crippen LogP contribution in [0.15, 0.2) is 89.4 Å². The minimum absolute atomic E-state index is 0.136. The van der Waals surface area contributed by atoms with Crippen molar-refractivity contribution in [3.05, 3.63) is 107 Å². The highest BCUT2D eigenvalue weighted by molar-refractivity contribution is 7.99. The number of nitrogens with zero attached hydrogens (tertiary/aromatic N) is 4. The molecule has 0 aliphatic rings. The van der Waals surface area contributed by atoms with Crippen molar-refractivity contribution in [1.29, 1.82) is 0 Å².